The summed E-state index contributed by atoms with van der Waals surface area (Å²) in [4.78, 5) is 15.0. The average molecular weight is 217 g/mol. The van der Waals surface area contributed by atoms with E-state index in [0.29, 0.717) is 5.92 Å². The van der Waals surface area contributed by atoms with Gasteiger partial charge in [0.15, 0.2) is 0 Å². The summed E-state index contributed by atoms with van der Waals surface area (Å²) in [6.07, 6.45) is 8.04. The summed E-state index contributed by atoms with van der Waals surface area (Å²) >= 11 is 0. The molecule has 0 aliphatic heterocycles. The number of aromatic amines is 1. The summed E-state index contributed by atoms with van der Waals surface area (Å²) in [5, 5.41) is 2.79. The van der Waals surface area contributed by atoms with E-state index in [1.165, 1.54) is 37.8 Å². The van der Waals surface area contributed by atoms with E-state index in [0.717, 1.165) is 5.52 Å². The standard InChI is InChI=1S/C12H15N3O/c16-12-13-8-10-6-7-11(15(10)14-12)9-4-2-1-3-5-9/h6-9H,1-5H2,(H,14,16). The first-order valence-electron chi connectivity index (χ1n) is 5.91. The van der Waals surface area contributed by atoms with Gasteiger partial charge in [0.1, 0.15) is 0 Å². The molecule has 2 aromatic rings. The van der Waals surface area contributed by atoms with Crippen molar-refractivity contribution in [1.82, 2.24) is 14.6 Å². The summed E-state index contributed by atoms with van der Waals surface area (Å²) in [5.41, 5.74) is 1.93. The summed E-state index contributed by atoms with van der Waals surface area (Å²) in [6, 6.07) is 4.13. The summed E-state index contributed by atoms with van der Waals surface area (Å²) in [7, 11) is 0. The summed E-state index contributed by atoms with van der Waals surface area (Å²) < 4.78 is 1.89. The predicted molar refractivity (Wildman–Crippen MR) is 61.6 cm³/mol. The number of rotatable bonds is 1. The molecule has 16 heavy (non-hydrogen) atoms. The number of hydrogen-bond donors (Lipinski definition) is 1. The van der Waals surface area contributed by atoms with Crippen LogP contribution in [0.25, 0.3) is 5.52 Å². The molecule has 84 valence electrons. The number of hydrogen-bond acceptors (Lipinski definition) is 2. The molecule has 0 aromatic carbocycles. The second kappa shape index (κ2) is 3.77. The molecular formula is C12H15N3O. The lowest BCUT2D eigenvalue weighted by Gasteiger charge is -2.21. The molecule has 1 N–H and O–H groups in total. The topological polar surface area (TPSA) is 50.2 Å². The number of fused-ring (bicyclic) bond motifs is 1. The Labute approximate surface area is 93.3 Å². The third-order valence-electron chi connectivity index (χ3n) is 3.49. The van der Waals surface area contributed by atoms with E-state index in [9.17, 15) is 4.79 Å². The van der Waals surface area contributed by atoms with Gasteiger partial charge in [0, 0.05) is 11.6 Å². The van der Waals surface area contributed by atoms with Gasteiger partial charge < -0.3 is 0 Å². The van der Waals surface area contributed by atoms with Crippen molar-refractivity contribution in [1.29, 1.82) is 0 Å². The quantitative estimate of drug-likeness (QED) is 0.795. The average Bonchev–Trinajstić information content (AvgIpc) is 2.73. The predicted octanol–water partition coefficient (Wildman–Crippen LogP) is 2.07. The molecule has 1 aliphatic rings. The van der Waals surface area contributed by atoms with Crippen LogP contribution in [0, 0.1) is 0 Å². The van der Waals surface area contributed by atoms with E-state index in [1.54, 1.807) is 6.20 Å². The third kappa shape index (κ3) is 1.54. The van der Waals surface area contributed by atoms with Crippen LogP contribution in [-0.4, -0.2) is 14.6 Å². The highest BCUT2D eigenvalue weighted by Crippen LogP contribution is 2.32. The number of nitrogens with zero attached hydrogens (tertiary/aromatic N) is 2. The van der Waals surface area contributed by atoms with E-state index in [2.05, 4.69) is 16.1 Å². The fourth-order valence-electron chi connectivity index (χ4n) is 2.67. The van der Waals surface area contributed by atoms with Gasteiger partial charge >= 0.3 is 5.69 Å². The van der Waals surface area contributed by atoms with E-state index in [-0.39, 0.29) is 5.69 Å². The first kappa shape index (κ1) is 9.63. The fourth-order valence-corrected chi connectivity index (χ4v) is 2.67. The first-order valence-corrected chi connectivity index (χ1v) is 5.91. The Kier molecular flexibility index (Phi) is 2.27. The van der Waals surface area contributed by atoms with Gasteiger partial charge in [-0.2, -0.15) is 4.98 Å². The molecule has 3 rings (SSSR count). The van der Waals surface area contributed by atoms with Crippen LogP contribution in [0.2, 0.25) is 0 Å². The van der Waals surface area contributed by atoms with E-state index >= 15 is 0 Å². The van der Waals surface area contributed by atoms with Gasteiger partial charge in [-0.05, 0) is 25.0 Å². The monoisotopic (exact) mass is 217 g/mol. The lowest BCUT2D eigenvalue weighted by molar-refractivity contribution is 0.431. The van der Waals surface area contributed by atoms with Crippen LogP contribution in [0.5, 0.6) is 0 Å². The van der Waals surface area contributed by atoms with Gasteiger partial charge in [0.25, 0.3) is 0 Å². The van der Waals surface area contributed by atoms with Crippen LogP contribution >= 0.6 is 0 Å². The van der Waals surface area contributed by atoms with Gasteiger partial charge in [-0.15, -0.1) is 0 Å². The maximum absolute atomic E-state index is 11.2. The Morgan fingerprint density at radius 2 is 2.06 bits per heavy atom. The zero-order chi connectivity index (χ0) is 11.0. The minimum absolute atomic E-state index is 0.277. The highest BCUT2D eigenvalue weighted by molar-refractivity contribution is 5.46. The maximum Gasteiger partial charge on any atom is 0.360 e. The zero-order valence-corrected chi connectivity index (χ0v) is 9.15. The Balaban J connectivity index is 2.08. The molecule has 1 fully saturated rings. The normalized spacial score (nSPS) is 18.0. The van der Waals surface area contributed by atoms with Gasteiger partial charge in [0.2, 0.25) is 0 Å². The van der Waals surface area contributed by atoms with Gasteiger partial charge in [-0.25, -0.2) is 9.89 Å². The Hall–Kier alpha value is -1.58. The molecule has 1 aliphatic carbocycles. The first-order chi connectivity index (χ1) is 7.84. The molecule has 1 saturated carbocycles. The molecule has 0 atom stereocenters. The third-order valence-corrected chi connectivity index (χ3v) is 3.49. The molecule has 0 amide bonds. The van der Waals surface area contributed by atoms with Crippen LogP contribution < -0.4 is 5.69 Å². The van der Waals surface area contributed by atoms with Crippen molar-refractivity contribution in [2.45, 2.75) is 38.0 Å². The Morgan fingerprint density at radius 1 is 1.25 bits per heavy atom. The van der Waals surface area contributed by atoms with Crippen LogP contribution in [0.1, 0.15) is 43.7 Å². The van der Waals surface area contributed by atoms with Crippen molar-refractivity contribution in [3.63, 3.8) is 0 Å². The van der Waals surface area contributed by atoms with Gasteiger partial charge in [0.05, 0.1) is 11.7 Å². The minimum Gasteiger partial charge on any atom is -0.255 e. The molecule has 4 heteroatoms. The minimum atomic E-state index is -0.277. The largest absolute Gasteiger partial charge is 0.360 e. The molecule has 2 heterocycles. The highest BCUT2D eigenvalue weighted by atomic mass is 16.1. The SMILES string of the molecule is O=c1ncc2ccc(C3CCCCC3)n2[nH]1. The Morgan fingerprint density at radius 3 is 2.88 bits per heavy atom. The van der Waals surface area contributed by atoms with Crippen molar-refractivity contribution < 1.29 is 0 Å². The second-order valence-corrected chi connectivity index (χ2v) is 4.53. The molecule has 0 bridgehead atoms. The zero-order valence-electron chi connectivity index (χ0n) is 9.15. The molecule has 0 unspecified atom stereocenters. The molecule has 0 saturated heterocycles. The molecular weight excluding hydrogens is 202 g/mol. The van der Waals surface area contributed by atoms with Gasteiger partial charge in [-0.1, -0.05) is 19.3 Å². The molecule has 0 radical (unpaired) electrons. The molecule has 2 aromatic heterocycles. The number of H-pyrrole nitrogens is 1. The van der Waals surface area contributed by atoms with E-state index in [1.807, 2.05) is 10.6 Å². The lowest BCUT2D eigenvalue weighted by atomic mass is 9.87. The van der Waals surface area contributed by atoms with E-state index < -0.39 is 0 Å². The van der Waals surface area contributed by atoms with Crippen molar-refractivity contribution >= 4 is 5.52 Å². The lowest BCUT2D eigenvalue weighted by Crippen LogP contribution is -2.17. The fraction of sp³-hybridized carbons (Fsp3) is 0.500. The van der Waals surface area contributed by atoms with Gasteiger partial charge in [-0.3, -0.25) is 4.52 Å². The highest BCUT2D eigenvalue weighted by Gasteiger charge is 2.18. The van der Waals surface area contributed by atoms with Crippen LogP contribution in [-0.2, 0) is 0 Å². The smallest absolute Gasteiger partial charge is 0.255 e. The summed E-state index contributed by atoms with van der Waals surface area (Å²) in [5.74, 6) is 0.592. The van der Waals surface area contributed by atoms with Crippen molar-refractivity contribution in [3.8, 4) is 0 Å². The van der Waals surface area contributed by atoms with Crippen molar-refractivity contribution in [2.24, 2.45) is 0 Å². The maximum atomic E-state index is 11.2. The number of aromatic nitrogens is 3. The summed E-state index contributed by atoms with van der Waals surface area (Å²) in [6.45, 7) is 0. The number of nitrogens with one attached hydrogen (secondary N) is 1. The Bertz CT molecular complexity index is 549. The van der Waals surface area contributed by atoms with Crippen LogP contribution in [0.15, 0.2) is 23.1 Å². The van der Waals surface area contributed by atoms with Crippen molar-refractivity contribution in [2.75, 3.05) is 0 Å². The molecule has 0 spiro atoms. The molecule has 4 nitrogen and oxygen atoms in total. The van der Waals surface area contributed by atoms with Crippen LogP contribution in [0.3, 0.4) is 0 Å². The second-order valence-electron chi connectivity index (χ2n) is 4.53. The van der Waals surface area contributed by atoms with Crippen LogP contribution in [0.4, 0.5) is 0 Å². The van der Waals surface area contributed by atoms with Crippen molar-refractivity contribution in [3.05, 3.63) is 34.5 Å². The van der Waals surface area contributed by atoms with E-state index in [4.69, 9.17) is 0 Å².